The van der Waals surface area contributed by atoms with Crippen LogP contribution in [0.3, 0.4) is 0 Å². The number of amides is 2. The molecule has 0 spiro atoms. The number of pyridine rings is 1. The Morgan fingerprint density at radius 3 is 2.70 bits per heavy atom. The van der Waals surface area contributed by atoms with E-state index in [1.165, 1.54) is 0 Å². The first-order valence-corrected chi connectivity index (χ1v) is 12.2. The van der Waals surface area contributed by atoms with Crippen LogP contribution in [0.2, 0.25) is 0 Å². The zero-order valence-corrected chi connectivity index (χ0v) is 21.1. The maximum atomic E-state index is 13.0. The summed E-state index contributed by atoms with van der Waals surface area (Å²) in [6, 6.07) is 16.9. The van der Waals surface area contributed by atoms with Crippen molar-refractivity contribution in [2.75, 3.05) is 48.9 Å². The summed E-state index contributed by atoms with van der Waals surface area (Å²) in [5, 5.41) is 12.5. The minimum Gasteiger partial charge on any atom is -0.492 e. The lowest BCUT2D eigenvalue weighted by atomic mass is 10.1. The van der Waals surface area contributed by atoms with Crippen molar-refractivity contribution in [2.45, 2.75) is 13.3 Å². The highest BCUT2D eigenvalue weighted by Crippen LogP contribution is 2.40. The number of hydrogen-bond acceptors (Lipinski definition) is 7. The molecule has 5 rings (SSSR count). The zero-order valence-electron chi connectivity index (χ0n) is 21.1. The van der Waals surface area contributed by atoms with Crippen LogP contribution in [0, 0.1) is 17.2 Å². The maximum absolute atomic E-state index is 13.0. The van der Waals surface area contributed by atoms with Gasteiger partial charge < -0.3 is 24.8 Å². The topological polar surface area (TPSA) is 102 Å². The smallest absolute Gasteiger partial charge is 0.260 e. The van der Waals surface area contributed by atoms with Crippen LogP contribution in [0.5, 0.6) is 5.75 Å². The fourth-order valence-corrected chi connectivity index (χ4v) is 4.80. The van der Waals surface area contributed by atoms with Crippen LogP contribution in [-0.2, 0) is 0 Å². The van der Waals surface area contributed by atoms with Crippen LogP contribution in [0.25, 0.3) is 0 Å². The van der Waals surface area contributed by atoms with Gasteiger partial charge in [0.15, 0.2) is 0 Å². The first-order valence-electron chi connectivity index (χ1n) is 12.2. The minimum absolute atomic E-state index is 0.0957. The molecule has 37 heavy (non-hydrogen) atoms. The molecule has 2 aliphatic heterocycles. The number of anilines is 5. The average molecular weight is 497 g/mol. The third kappa shape index (κ3) is 4.42. The van der Waals surface area contributed by atoms with Crippen molar-refractivity contribution in [3.63, 3.8) is 0 Å². The van der Waals surface area contributed by atoms with Crippen LogP contribution in [0.4, 0.5) is 28.6 Å². The van der Waals surface area contributed by atoms with Gasteiger partial charge in [0.25, 0.3) is 11.8 Å². The number of nitrogens with zero attached hydrogens (tertiary/aromatic N) is 5. The summed E-state index contributed by atoms with van der Waals surface area (Å²) in [7, 11) is 3.67. The molecule has 1 atom stereocenters. The highest BCUT2D eigenvalue weighted by Gasteiger charge is 2.29. The first-order chi connectivity index (χ1) is 17.9. The molecule has 2 aromatic carbocycles. The molecule has 0 saturated carbocycles. The van der Waals surface area contributed by atoms with Gasteiger partial charge in [-0.25, -0.2) is 4.98 Å². The summed E-state index contributed by atoms with van der Waals surface area (Å²) in [5.41, 5.74) is 4.14. The second kappa shape index (κ2) is 9.82. The number of carbonyl (C=O) groups excluding carboxylic acids is 2. The number of ether oxygens (including phenoxy) is 1. The normalized spacial score (nSPS) is 16.5. The predicted octanol–water partition coefficient (Wildman–Crippen LogP) is 4.57. The van der Waals surface area contributed by atoms with Gasteiger partial charge >= 0.3 is 0 Å². The number of nitriles is 1. The lowest BCUT2D eigenvalue weighted by molar-refractivity contribution is 0.0789. The summed E-state index contributed by atoms with van der Waals surface area (Å²) in [6.45, 7) is 3.34. The maximum Gasteiger partial charge on any atom is 0.260 e. The van der Waals surface area contributed by atoms with Crippen LogP contribution < -0.4 is 19.9 Å². The summed E-state index contributed by atoms with van der Waals surface area (Å²) in [4.78, 5) is 35.9. The zero-order chi connectivity index (χ0) is 26.1. The lowest BCUT2D eigenvalue weighted by Crippen LogP contribution is -2.28. The SMILES string of the molecule is CCOc1cc(C(=O)N2CC[C@@H](C#N)C2)ccc1Nc1cc2c(cn1)N(C)C(=O)c1ccccc1N2C. The van der Waals surface area contributed by atoms with Gasteiger partial charge in [0.05, 0.1) is 53.1 Å². The Kier molecular flexibility index (Phi) is 6.40. The van der Waals surface area contributed by atoms with Crippen LogP contribution in [-0.4, -0.2) is 55.5 Å². The molecule has 3 aromatic rings. The molecule has 0 bridgehead atoms. The molecule has 188 valence electrons. The molecular weight excluding hydrogens is 468 g/mol. The Morgan fingerprint density at radius 1 is 1.14 bits per heavy atom. The summed E-state index contributed by atoms with van der Waals surface area (Å²) < 4.78 is 5.86. The number of nitrogens with one attached hydrogen (secondary N) is 1. The number of para-hydroxylation sites is 1. The first kappa shape index (κ1) is 24.1. The summed E-state index contributed by atoms with van der Waals surface area (Å²) in [6.07, 6.45) is 2.37. The van der Waals surface area contributed by atoms with Gasteiger partial charge in [0.1, 0.15) is 11.6 Å². The van der Waals surface area contributed by atoms with E-state index >= 15 is 0 Å². The third-order valence-corrected chi connectivity index (χ3v) is 6.83. The van der Waals surface area contributed by atoms with Crippen LogP contribution in [0.1, 0.15) is 34.1 Å². The molecule has 2 amide bonds. The Labute approximate surface area is 215 Å². The number of benzene rings is 2. The van der Waals surface area contributed by atoms with Crippen molar-refractivity contribution < 1.29 is 14.3 Å². The van der Waals surface area contributed by atoms with Gasteiger partial charge in [-0.2, -0.15) is 5.26 Å². The molecule has 3 heterocycles. The number of fused-ring (bicyclic) bond motifs is 2. The van der Waals surface area contributed by atoms with Gasteiger partial charge in [0, 0.05) is 38.8 Å². The van der Waals surface area contributed by atoms with E-state index in [4.69, 9.17) is 10.00 Å². The number of carbonyl (C=O) groups is 2. The monoisotopic (exact) mass is 496 g/mol. The van der Waals surface area contributed by atoms with Gasteiger partial charge in [-0.15, -0.1) is 0 Å². The molecule has 9 heteroatoms. The Hall–Kier alpha value is -4.58. The molecule has 0 unspecified atom stereocenters. The van der Waals surface area contributed by atoms with Crippen molar-refractivity contribution in [3.8, 4) is 11.8 Å². The van der Waals surface area contributed by atoms with Crippen LogP contribution >= 0.6 is 0 Å². The van der Waals surface area contributed by atoms with E-state index in [0.29, 0.717) is 60.2 Å². The van der Waals surface area contributed by atoms with Crippen molar-refractivity contribution in [3.05, 3.63) is 65.9 Å². The van der Waals surface area contributed by atoms with E-state index in [9.17, 15) is 9.59 Å². The van der Waals surface area contributed by atoms with Gasteiger partial charge in [-0.3, -0.25) is 9.59 Å². The molecular formula is C28H28N6O3. The molecule has 1 N–H and O–H groups in total. The molecule has 0 radical (unpaired) electrons. The van der Waals surface area contributed by atoms with Crippen molar-refractivity contribution in [1.29, 1.82) is 5.26 Å². The Morgan fingerprint density at radius 2 is 1.95 bits per heavy atom. The minimum atomic E-state index is -0.116. The second-order valence-corrected chi connectivity index (χ2v) is 9.13. The van der Waals surface area contributed by atoms with E-state index in [1.807, 2.05) is 49.2 Å². The molecule has 0 aliphatic carbocycles. The average Bonchev–Trinajstić information content (AvgIpc) is 3.39. The van der Waals surface area contributed by atoms with Crippen molar-refractivity contribution in [1.82, 2.24) is 9.88 Å². The Balaban J connectivity index is 1.45. The predicted molar refractivity (Wildman–Crippen MR) is 142 cm³/mol. The Bertz CT molecular complexity index is 1420. The lowest BCUT2D eigenvalue weighted by Gasteiger charge is -2.23. The number of likely N-dealkylation sites (tertiary alicyclic amines) is 1. The van der Waals surface area contributed by atoms with Gasteiger partial charge in [-0.05, 0) is 43.7 Å². The third-order valence-electron chi connectivity index (χ3n) is 6.83. The molecule has 1 fully saturated rings. The molecule has 1 saturated heterocycles. The van der Waals surface area contributed by atoms with Crippen molar-refractivity contribution in [2.24, 2.45) is 5.92 Å². The standard InChI is InChI=1S/C28H28N6O3/c1-4-37-25-13-19(27(35)34-12-11-18(15-29)17-34)9-10-21(25)31-26-14-23-24(16-30-26)33(3)28(36)20-7-5-6-8-22(20)32(23)2/h5-10,13-14,16,18H,4,11-12,17H2,1-3H3,(H,30,31)/t18-/m0/s1. The molecule has 9 nitrogen and oxygen atoms in total. The highest BCUT2D eigenvalue weighted by molar-refractivity contribution is 6.13. The highest BCUT2D eigenvalue weighted by atomic mass is 16.5. The van der Waals surface area contributed by atoms with E-state index in [-0.39, 0.29) is 17.7 Å². The van der Waals surface area contributed by atoms with E-state index < -0.39 is 0 Å². The van der Waals surface area contributed by atoms with Crippen LogP contribution in [0.15, 0.2) is 54.7 Å². The fourth-order valence-electron chi connectivity index (χ4n) is 4.80. The number of aromatic nitrogens is 1. The van der Waals surface area contributed by atoms with E-state index in [0.717, 1.165) is 11.4 Å². The summed E-state index contributed by atoms with van der Waals surface area (Å²) >= 11 is 0. The van der Waals surface area contributed by atoms with E-state index in [1.54, 1.807) is 41.2 Å². The second-order valence-electron chi connectivity index (χ2n) is 9.13. The van der Waals surface area contributed by atoms with E-state index in [2.05, 4.69) is 16.4 Å². The molecule has 2 aliphatic rings. The van der Waals surface area contributed by atoms with Gasteiger partial charge in [-0.1, -0.05) is 12.1 Å². The van der Waals surface area contributed by atoms with Crippen molar-refractivity contribution >= 4 is 40.4 Å². The number of hydrogen-bond donors (Lipinski definition) is 1. The quantitative estimate of drug-likeness (QED) is 0.552. The number of rotatable bonds is 5. The summed E-state index contributed by atoms with van der Waals surface area (Å²) in [5.74, 6) is 0.785. The largest absolute Gasteiger partial charge is 0.492 e. The molecule has 1 aromatic heterocycles. The van der Waals surface area contributed by atoms with Gasteiger partial charge in [0.2, 0.25) is 0 Å². The fraction of sp³-hybridized carbons (Fsp3) is 0.286.